The first kappa shape index (κ1) is 12.1. The number of aliphatic carboxylic acids is 1. The van der Waals surface area contributed by atoms with E-state index < -0.39 is 5.97 Å². The zero-order chi connectivity index (χ0) is 13.1. The standard InChI is InChI=1S/C14H12NO3/c1-10-5-2-3-7-12(10)13(16)15-8-4-6-11(9-15)14(17)18/h2-8H,1,9H2,(H,17,18). The van der Waals surface area contributed by atoms with E-state index in [1.165, 1.54) is 11.0 Å². The largest absolute Gasteiger partial charge is 0.478 e. The zero-order valence-corrected chi connectivity index (χ0v) is 9.67. The van der Waals surface area contributed by atoms with Crippen LogP contribution in [0.3, 0.4) is 0 Å². The lowest BCUT2D eigenvalue weighted by Gasteiger charge is -2.21. The van der Waals surface area contributed by atoms with Gasteiger partial charge in [-0.15, -0.1) is 0 Å². The number of amides is 1. The van der Waals surface area contributed by atoms with E-state index in [9.17, 15) is 9.59 Å². The summed E-state index contributed by atoms with van der Waals surface area (Å²) in [6, 6.07) is 6.98. The van der Waals surface area contributed by atoms with Gasteiger partial charge >= 0.3 is 5.97 Å². The topological polar surface area (TPSA) is 57.6 Å². The highest BCUT2D eigenvalue weighted by Crippen LogP contribution is 2.15. The molecular formula is C14H12NO3. The van der Waals surface area contributed by atoms with Gasteiger partial charge in [0.2, 0.25) is 0 Å². The fraction of sp³-hybridized carbons (Fsp3) is 0.0714. The summed E-state index contributed by atoms with van der Waals surface area (Å²) in [5.74, 6) is -1.26. The first-order valence-electron chi connectivity index (χ1n) is 5.42. The molecule has 1 heterocycles. The van der Waals surface area contributed by atoms with E-state index in [1.54, 1.807) is 36.5 Å². The third kappa shape index (κ3) is 2.32. The fourth-order valence-electron chi connectivity index (χ4n) is 1.71. The predicted molar refractivity (Wildman–Crippen MR) is 66.8 cm³/mol. The van der Waals surface area contributed by atoms with Gasteiger partial charge in [0.05, 0.1) is 12.1 Å². The van der Waals surface area contributed by atoms with Gasteiger partial charge in [0.15, 0.2) is 0 Å². The van der Waals surface area contributed by atoms with Crippen LogP contribution in [0.15, 0.2) is 48.2 Å². The van der Waals surface area contributed by atoms with Crippen LogP contribution in [0.4, 0.5) is 0 Å². The summed E-state index contributed by atoms with van der Waals surface area (Å²) >= 11 is 0. The zero-order valence-electron chi connectivity index (χ0n) is 9.67. The van der Waals surface area contributed by atoms with Gasteiger partial charge in [0.25, 0.3) is 5.91 Å². The van der Waals surface area contributed by atoms with Crippen molar-refractivity contribution in [2.45, 2.75) is 0 Å². The third-order valence-corrected chi connectivity index (χ3v) is 2.69. The number of nitrogens with zero attached hydrogens (tertiary/aromatic N) is 1. The Morgan fingerprint density at radius 2 is 2.00 bits per heavy atom. The van der Waals surface area contributed by atoms with Crippen molar-refractivity contribution in [3.63, 3.8) is 0 Å². The highest BCUT2D eigenvalue weighted by Gasteiger charge is 2.20. The summed E-state index contributed by atoms with van der Waals surface area (Å²) in [4.78, 5) is 24.4. The monoisotopic (exact) mass is 242 g/mol. The van der Waals surface area contributed by atoms with Crippen molar-refractivity contribution in [2.75, 3.05) is 6.54 Å². The molecule has 0 unspecified atom stereocenters. The molecule has 2 rings (SSSR count). The fourth-order valence-corrected chi connectivity index (χ4v) is 1.71. The summed E-state index contributed by atoms with van der Waals surface area (Å²) < 4.78 is 0. The number of carbonyl (C=O) groups is 2. The van der Waals surface area contributed by atoms with E-state index in [0.29, 0.717) is 11.1 Å². The molecule has 0 aliphatic carbocycles. The Bertz CT molecular complexity index is 558. The Balaban J connectivity index is 2.22. The molecular weight excluding hydrogens is 230 g/mol. The minimum atomic E-state index is -1.01. The molecule has 18 heavy (non-hydrogen) atoms. The Kier molecular flexibility index (Phi) is 3.28. The molecule has 1 aliphatic rings. The second-order valence-corrected chi connectivity index (χ2v) is 3.93. The van der Waals surface area contributed by atoms with E-state index in [1.807, 2.05) is 0 Å². The molecule has 91 valence electrons. The maximum Gasteiger partial charge on any atom is 0.333 e. The normalized spacial score (nSPS) is 14.3. The molecule has 0 aromatic heterocycles. The smallest absolute Gasteiger partial charge is 0.333 e. The average Bonchev–Trinajstić information content (AvgIpc) is 2.38. The lowest BCUT2D eigenvalue weighted by Crippen LogP contribution is -2.31. The van der Waals surface area contributed by atoms with Crippen LogP contribution in [-0.2, 0) is 4.79 Å². The van der Waals surface area contributed by atoms with Crippen LogP contribution in [0.2, 0.25) is 0 Å². The summed E-state index contributed by atoms with van der Waals surface area (Å²) in [5, 5.41) is 8.91. The number of carboxylic acids is 1. The van der Waals surface area contributed by atoms with Crippen molar-refractivity contribution in [3.05, 3.63) is 66.2 Å². The minimum absolute atomic E-state index is 0.0685. The number of hydrogen-bond donors (Lipinski definition) is 1. The van der Waals surface area contributed by atoms with E-state index in [4.69, 9.17) is 5.11 Å². The van der Waals surface area contributed by atoms with E-state index in [0.717, 1.165) is 0 Å². The van der Waals surface area contributed by atoms with Crippen molar-refractivity contribution in [1.29, 1.82) is 0 Å². The van der Waals surface area contributed by atoms with Crippen molar-refractivity contribution in [1.82, 2.24) is 4.90 Å². The predicted octanol–water partition coefficient (Wildman–Crippen LogP) is 1.85. The van der Waals surface area contributed by atoms with Crippen LogP contribution in [0.1, 0.15) is 15.9 Å². The molecule has 1 aliphatic heterocycles. The van der Waals surface area contributed by atoms with Crippen LogP contribution >= 0.6 is 0 Å². The lowest BCUT2D eigenvalue weighted by atomic mass is 10.1. The Labute approximate surface area is 105 Å². The van der Waals surface area contributed by atoms with Crippen LogP contribution in [0, 0.1) is 6.92 Å². The number of carbonyl (C=O) groups excluding carboxylic acids is 1. The highest BCUT2D eigenvalue weighted by molar-refractivity contribution is 5.98. The summed E-state index contributed by atoms with van der Waals surface area (Å²) in [7, 11) is 0. The number of benzene rings is 1. The molecule has 0 bridgehead atoms. The van der Waals surface area contributed by atoms with Crippen molar-refractivity contribution < 1.29 is 14.7 Å². The van der Waals surface area contributed by atoms with Crippen molar-refractivity contribution in [3.8, 4) is 0 Å². The molecule has 1 aromatic rings. The molecule has 4 nitrogen and oxygen atoms in total. The molecule has 0 spiro atoms. The number of allylic oxidation sites excluding steroid dienone is 2. The first-order valence-corrected chi connectivity index (χ1v) is 5.42. The van der Waals surface area contributed by atoms with Crippen molar-refractivity contribution >= 4 is 11.9 Å². The third-order valence-electron chi connectivity index (χ3n) is 2.69. The lowest BCUT2D eigenvalue weighted by molar-refractivity contribution is -0.132. The van der Waals surface area contributed by atoms with E-state index >= 15 is 0 Å². The SMILES string of the molecule is [CH2]c1ccccc1C(=O)N1C=CC=C(C(=O)O)C1. The van der Waals surface area contributed by atoms with Crippen molar-refractivity contribution in [2.24, 2.45) is 0 Å². The van der Waals surface area contributed by atoms with Gasteiger partial charge in [-0.1, -0.05) is 18.2 Å². The summed E-state index contributed by atoms with van der Waals surface area (Å²) in [6.07, 6.45) is 4.61. The maximum absolute atomic E-state index is 12.2. The van der Waals surface area contributed by atoms with Gasteiger partial charge < -0.3 is 10.0 Å². The summed E-state index contributed by atoms with van der Waals surface area (Å²) in [6.45, 7) is 3.86. The molecule has 1 N–H and O–H groups in total. The van der Waals surface area contributed by atoms with Gasteiger partial charge in [-0.05, 0) is 30.7 Å². The van der Waals surface area contributed by atoms with Gasteiger partial charge in [-0.25, -0.2) is 4.79 Å². The van der Waals surface area contributed by atoms with Crippen LogP contribution in [0.5, 0.6) is 0 Å². The number of hydrogen-bond acceptors (Lipinski definition) is 2. The van der Waals surface area contributed by atoms with Crippen LogP contribution < -0.4 is 0 Å². The maximum atomic E-state index is 12.2. The number of carboxylic acid groups (broad SMARTS) is 1. The molecule has 1 radical (unpaired) electrons. The first-order chi connectivity index (χ1) is 8.59. The molecule has 0 saturated carbocycles. The Morgan fingerprint density at radius 3 is 2.67 bits per heavy atom. The Morgan fingerprint density at radius 1 is 1.28 bits per heavy atom. The van der Waals surface area contributed by atoms with Gasteiger partial charge in [-0.2, -0.15) is 0 Å². The minimum Gasteiger partial charge on any atom is -0.478 e. The molecule has 0 fully saturated rings. The molecule has 0 atom stereocenters. The Hall–Kier alpha value is -2.36. The van der Waals surface area contributed by atoms with E-state index in [2.05, 4.69) is 6.92 Å². The second-order valence-electron chi connectivity index (χ2n) is 3.93. The van der Waals surface area contributed by atoms with Crippen LogP contribution in [0.25, 0.3) is 0 Å². The van der Waals surface area contributed by atoms with E-state index in [-0.39, 0.29) is 18.0 Å². The molecule has 1 aromatic carbocycles. The molecule has 1 amide bonds. The highest BCUT2D eigenvalue weighted by atomic mass is 16.4. The second kappa shape index (κ2) is 4.87. The van der Waals surface area contributed by atoms with Gasteiger partial charge in [-0.3, -0.25) is 4.79 Å². The molecule has 4 heteroatoms. The molecule has 0 saturated heterocycles. The van der Waals surface area contributed by atoms with Crippen LogP contribution in [-0.4, -0.2) is 28.4 Å². The number of rotatable bonds is 2. The summed E-state index contributed by atoms with van der Waals surface area (Å²) in [5.41, 5.74) is 1.29. The van der Waals surface area contributed by atoms with Gasteiger partial charge in [0, 0.05) is 11.8 Å². The quantitative estimate of drug-likeness (QED) is 0.861. The average molecular weight is 242 g/mol. The van der Waals surface area contributed by atoms with Gasteiger partial charge in [0.1, 0.15) is 0 Å².